The smallest absolute Gasteiger partial charge is 0.407 e. The van der Waals surface area contributed by atoms with Crippen molar-refractivity contribution in [3.8, 4) is 0 Å². The number of hydrazine groups is 1. The zero-order valence-corrected chi connectivity index (χ0v) is 19.8. The highest BCUT2D eigenvalue weighted by molar-refractivity contribution is 8.18. The third kappa shape index (κ3) is 4.92. The standard InChI is InChI=1S/C23H30FN5O3S/c1-3-27(4-2)18-9-12-28(23(31)32)20(18)17-8-7-16(24)13-15(17)14-19-21(30)26-22(33-19)29-11-6-5-10-25-29/h7-8,13-14,18,20,25H,3-6,9-12H2,1-2H3,(H,31,32)/b19-14+/t18-,20?/m1/s1. The summed E-state index contributed by atoms with van der Waals surface area (Å²) >= 11 is 1.26. The Kier molecular flexibility index (Phi) is 7.35. The van der Waals surface area contributed by atoms with E-state index in [9.17, 15) is 19.1 Å². The molecule has 1 aromatic rings. The van der Waals surface area contributed by atoms with E-state index in [1.807, 2.05) is 5.01 Å². The van der Waals surface area contributed by atoms with Gasteiger partial charge in [0.05, 0.1) is 10.9 Å². The number of rotatable bonds is 5. The van der Waals surface area contributed by atoms with E-state index in [1.165, 1.54) is 28.8 Å². The van der Waals surface area contributed by atoms with Crippen LogP contribution in [0.3, 0.4) is 0 Å². The quantitative estimate of drug-likeness (QED) is 0.630. The van der Waals surface area contributed by atoms with Crippen LogP contribution in [0.5, 0.6) is 0 Å². The van der Waals surface area contributed by atoms with Crippen LogP contribution in [0.2, 0.25) is 0 Å². The number of amidine groups is 1. The number of hydrogen-bond donors (Lipinski definition) is 2. The predicted molar refractivity (Wildman–Crippen MR) is 127 cm³/mol. The van der Waals surface area contributed by atoms with E-state index < -0.39 is 18.0 Å². The summed E-state index contributed by atoms with van der Waals surface area (Å²) in [7, 11) is 0. The number of halogens is 1. The lowest BCUT2D eigenvalue weighted by molar-refractivity contribution is -0.113. The van der Waals surface area contributed by atoms with Gasteiger partial charge in [-0.3, -0.25) is 19.6 Å². The lowest BCUT2D eigenvalue weighted by Gasteiger charge is -2.34. The van der Waals surface area contributed by atoms with Crippen molar-refractivity contribution in [2.45, 2.75) is 45.2 Å². The van der Waals surface area contributed by atoms with Gasteiger partial charge in [-0.25, -0.2) is 14.6 Å². The molecule has 1 unspecified atom stereocenters. The first-order valence-electron chi connectivity index (χ1n) is 11.5. The second kappa shape index (κ2) is 10.2. The molecule has 2 atom stereocenters. The summed E-state index contributed by atoms with van der Waals surface area (Å²) in [5.41, 5.74) is 4.47. The van der Waals surface area contributed by atoms with Crippen LogP contribution in [-0.4, -0.2) is 75.8 Å². The molecular formula is C23H30FN5O3S. The molecule has 0 spiro atoms. The first-order chi connectivity index (χ1) is 15.9. The van der Waals surface area contributed by atoms with Crippen LogP contribution in [0, 0.1) is 5.82 Å². The molecule has 1 aromatic carbocycles. The van der Waals surface area contributed by atoms with Crippen molar-refractivity contribution in [1.82, 2.24) is 20.2 Å². The second-order valence-electron chi connectivity index (χ2n) is 8.35. The number of carboxylic acid groups (broad SMARTS) is 1. The van der Waals surface area contributed by atoms with Crippen molar-refractivity contribution in [2.24, 2.45) is 4.99 Å². The monoisotopic (exact) mass is 475 g/mol. The number of nitrogens with zero attached hydrogens (tertiary/aromatic N) is 4. The van der Waals surface area contributed by atoms with Gasteiger partial charge < -0.3 is 5.11 Å². The number of carbonyl (C=O) groups excluding carboxylic acids is 1. The second-order valence-corrected chi connectivity index (χ2v) is 9.36. The van der Waals surface area contributed by atoms with Crippen LogP contribution in [0.25, 0.3) is 6.08 Å². The van der Waals surface area contributed by atoms with E-state index in [-0.39, 0.29) is 11.9 Å². The van der Waals surface area contributed by atoms with E-state index in [0.29, 0.717) is 34.2 Å². The molecule has 8 nitrogen and oxygen atoms in total. The van der Waals surface area contributed by atoms with E-state index in [0.717, 1.165) is 39.0 Å². The van der Waals surface area contributed by atoms with Gasteiger partial charge in [0, 0.05) is 25.7 Å². The molecule has 2 amide bonds. The summed E-state index contributed by atoms with van der Waals surface area (Å²) in [6.07, 6.45) is 3.46. The van der Waals surface area contributed by atoms with Gasteiger partial charge in [0.25, 0.3) is 5.91 Å². The Hall–Kier alpha value is -2.43. The molecule has 3 aliphatic rings. The van der Waals surface area contributed by atoms with Crippen LogP contribution < -0.4 is 5.43 Å². The third-order valence-electron chi connectivity index (χ3n) is 6.50. The summed E-state index contributed by atoms with van der Waals surface area (Å²) in [5.74, 6) is -0.793. The molecule has 0 saturated carbocycles. The largest absolute Gasteiger partial charge is 0.465 e. The Labute approximate surface area is 197 Å². The first kappa shape index (κ1) is 23.7. The highest BCUT2D eigenvalue weighted by atomic mass is 32.2. The Morgan fingerprint density at radius 3 is 2.79 bits per heavy atom. The van der Waals surface area contributed by atoms with Gasteiger partial charge in [0.2, 0.25) is 0 Å². The molecule has 33 heavy (non-hydrogen) atoms. The number of likely N-dealkylation sites (N-methyl/N-ethyl adjacent to an activating group) is 1. The van der Waals surface area contributed by atoms with E-state index in [1.54, 1.807) is 12.1 Å². The highest BCUT2D eigenvalue weighted by Crippen LogP contribution is 2.39. The van der Waals surface area contributed by atoms with Gasteiger partial charge in [0.15, 0.2) is 5.17 Å². The van der Waals surface area contributed by atoms with Gasteiger partial charge in [-0.15, -0.1) is 0 Å². The summed E-state index contributed by atoms with van der Waals surface area (Å²) in [4.78, 5) is 33.0. The first-order valence-corrected chi connectivity index (χ1v) is 12.3. The van der Waals surface area contributed by atoms with E-state index in [2.05, 4.69) is 29.2 Å². The van der Waals surface area contributed by atoms with Crippen molar-refractivity contribution in [2.75, 3.05) is 32.7 Å². The Morgan fingerprint density at radius 2 is 2.12 bits per heavy atom. The van der Waals surface area contributed by atoms with Crippen LogP contribution in [0.4, 0.5) is 9.18 Å². The third-order valence-corrected chi connectivity index (χ3v) is 7.51. The Bertz CT molecular complexity index is 975. The molecule has 2 N–H and O–H groups in total. The van der Waals surface area contributed by atoms with Gasteiger partial charge in [-0.2, -0.15) is 4.99 Å². The average molecular weight is 476 g/mol. The maximum Gasteiger partial charge on any atom is 0.407 e. The fraction of sp³-hybridized carbons (Fsp3) is 0.522. The zero-order chi connectivity index (χ0) is 23.5. The maximum atomic E-state index is 14.3. The topological polar surface area (TPSA) is 88.5 Å². The number of nitrogens with one attached hydrogen (secondary N) is 1. The summed E-state index contributed by atoms with van der Waals surface area (Å²) in [6, 6.07) is 3.93. The molecule has 10 heteroatoms. The highest BCUT2D eigenvalue weighted by Gasteiger charge is 2.41. The van der Waals surface area contributed by atoms with E-state index in [4.69, 9.17) is 0 Å². The fourth-order valence-corrected chi connectivity index (χ4v) is 5.80. The Balaban J connectivity index is 1.69. The van der Waals surface area contributed by atoms with Crippen molar-refractivity contribution >= 4 is 35.0 Å². The predicted octanol–water partition coefficient (Wildman–Crippen LogP) is 3.53. The van der Waals surface area contributed by atoms with Crippen molar-refractivity contribution in [1.29, 1.82) is 0 Å². The fourth-order valence-electron chi connectivity index (χ4n) is 4.89. The van der Waals surface area contributed by atoms with E-state index >= 15 is 0 Å². The maximum absolute atomic E-state index is 14.3. The molecule has 0 aromatic heterocycles. The number of hydrogen-bond acceptors (Lipinski definition) is 6. The van der Waals surface area contributed by atoms with Gasteiger partial charge in [0.1, 0.15) is 5.82 Å². The molecule has 2 saturated heterocycles. The molecule has 0 aliphatic carbocycles. The van der Waals surface area contributed by atoms with Crippen molar-refractivity contribution in [3.05, 3.63) is 40.0 Å². The minimum Gasteiger partial charge on any atom is -0.465 e. The minimum absolute atomic E-state index is 0.0185. The molecule has 3 aliphatic heterocycles. The number of amides is 2. The number of carbonyl (C=O) groups is 2. The van der Waals surface area contributed by atoms with Crippen molar-refractivity contribution < 1.29 is 19.1 Å². The van der Waals surface area contributed by atoms with Gasteiger partial charge in [-0.1, -0.05) is 19.9 Å². The summed E-state index contributed by atoms with van der Waals surface area (Å²) in [5, 5.41) is 12.4. The molecule has 4 rings (SSSR count). The number of benzene rings is 1. The number of likely N-dealkylation sites (tertiary alicyclic amines) is 1. The molecule has 0 radical (unpaired) electrons. The van der Waals surface area contributed by atoms with Crippen LogP contribution in [-0.2, 0) is 4.79 Å². The zero-order valence-electron chi connectivity index (χ0n) is 19.0. The molecular weight excluding hydrogens is 445 g/mol. The SMILES string of the molecule is CCN(CC)[C@@H]1CCN(C(=O)O)C1c1ccc(F)cc1/C=C1/SC(N2CCCCN2)=NC1=O. The van der Waals surface area contributed by atoms with Gasteiger partial charge in [-0.05, 0) is 73.4 Å². The number of aliphatic imine (C=N–C) groups is 1. The normalized spacial score (nSPS) is 24.8. The van der Waals surface area contributed by atoms with Gasteiger partial charge >= 0.3 is 6.09 Å². The molecule has 178 valence electrons. The average Bonchev–Trinajstić information content (AvgIpc) is 3.40. The van der Waals surface area contributed by atoms with Crippen LogP contribution in [0.1, 0.15) is 50.3 Å². The van der Waals surface area contributed by atoms with Crippen molar-refractivity contribution in [3.63, 3.8) is 0 Å². The summed E-state index contributed by atoms with van der Waals surface area (Å²) < 4.78 is 14.3. The van der Waals surface area contributed by atoms with Crippen LogP contribution >= 0.6 is 11.8 Å². The lowest BCUT2D eigenvalue weighted by Crippen LogP contribution is -2.45. The molecule has 0 bridgehead atoms. The molecule has 3 heterocycles. The summed E-state index contributed by atoms with van der Waals surface area (Å²) in [6.45, 7) is 7.71. The Morgan fingerprint density at radius 1 is 1.33 bits per heavy atom. The molecule has 2 fully saturated rings. The lowest BCUT2D eigenvalue weighted by atomic mass is 9.93. The van der Waals surface area contributed by atoms with Crippen LogP contribution in [0.15, 0.2) is 28.1 Å². The minimum atomic E-state index is -0.995. The number of thioether (sulfide) groups is 1.